The smallest absolute Gasteiger partial charge is 0.182 e. The molecule has 1 fully saturated rings. The van der Waals surface area contributed by atoms with Gasteiger partial charge in [-0.2, -0.15) is 10.2 Å². The molecule has 1 saturated carbocycles. The molecule has 5 heteroatoms. The number of nitrogen functional groups attached to an aromatic ring is 1. The number of H-pyrrole nitrogens is 1. The van der Waals surface area contributed by atoms with E-state index < -0.39 is 0 Å². The number of nitrogens with one attached hydrogen (secondary N) is 1. The van der Waals surface area contributed by atoms with E-state index in [2.05, 4.69) is 41.4 Å². The van der Waals surface area contributed by atoms with Crippen molar-refractivity contribution < 1.29 is 0 Å². The zero-order valence-electron chi connectivity index (χ0n) is 11.4. The zero-order chi connectivity index (χ0) is 13.7. The van der Waals surface area contributed by atoms with Gasteiger partial charge >= 0.3 is 0 Å². The van der Waals surface area contributed by atoms with E-state index >= 15 is 0 Å². The maximum absolute atomic E-state index is 6.01. The third-order valence-electron chi connectivity index (χ3n) is 4.05. The molecule has 20 heavy (non-hydrogen) atoms. The van der Waals surface area contributed by atoms with Gasteiger partial charge in [-0.1, -0.05) is 24.3 Å². The summed E-state index contributed by atoms with van der Waals surface area (Å²) >= 11 is 0. The van der Waals surface area contributed by atoms with Gasteiger partial charge < -0.3 is 5.73 Å². The number of anilines is 1. The summed E-state index contributed by atoms with van der Waals surface area (Å²) in [6.07, 6.45) is 2.42. The summed E-state index contributed by atoms with van der Waals surface area (Å²) in [5.41, 5.74) is 10.5. The summed E-state index contributed by atoms with van der Waals surface area (Å²) in [6, 6.07) is 8.37. The number of aryl methyl sites for hydroxylation is 1. The Morgan fingerprint density at radius 3 is 2.90 bits per heavy atom. The highest BCUT2D eigenvalue weighted by atomic mass is 15.3. The molecule has 1 aromatic carbocycles. The number of nitrogens with two attached hydrogens (primary N) is 1. The van der Waals surface area contributed by atoms with Crippen LogP contribution < -0.4 is 5.73 Å². The van der Waals surface area contributed by atoms with Crippen LogP contribution in [0, 0.1) is 6.92 Å². The van der Waals surface area contributed by atoms with Crippen molar-refractivity contribution in [2.75, 3.05) is 5.73 Å². The molecule has 2 aromatic heterocycles. The Balaban J connectivity index is 1.82. The number of aromatic amines is 1. The summed E-state index contributed by atoms with van der Waals surface area (Å²) in [6.45, 7) is 2.86. The fourth-order valence-electron chi connectivity index (χ4n) is 2.71. The predicted molar refractivity (Wildman–Crippen MR) is 78.5 cm³/mol. The summed E-state index contributed by atoms with van der Waals surface area (Å²) in [5, 5.41) is 13.0. The van der Waals surface area contributed by atoms with Crippen molar-refractivity contribution in [1.29, 1.82) is 0 Å². The molecular weight excluding hydrogens is 250 g/mol. The molecule has 0 saturated heterocycles. The average molecular weight is 267 g/mol. The molecule has 0 radical (unpaired) electrons. The van der Waals surface area contributed by atoms with E-state index in [9.17, 15) is 0 Å². The Hall–Kier alpha value is -2.30. The zero-order valence-corrected chi connectivity index (χ0v) is 11.4. The largest absolute Gasteiger partial charge is 0.383 e. The van der Waals surface area contributed by atoms with Gasteiger partial charge in [-0.25, -0.2) is 4.68 Å². The first kappa shape index (κ1) is 11.5. The first-order valence-corrected chi connectivity index (χ1v) is 6.99. The monoisotopic (exact) mass is 267 g/mol. The van der Waals surface area contributed by atoms with Crippen molar-refractivity contribution in [3.63, 3.8) is 0 Å². The second-order valence-electron chi connectivity index (χ2n) is 5.58. The molecule has 0 unspecified atom stereocenters. The molecule has 5 nitrogen and oxygen atoms in total. The predicted octanol–water partition coefficient (Wildman–Crippen LogP) is 2.58. The molecule has 102 valence electrons. The number of fused-ring (bicyclic) bond motifs is 1. The summed E-state index contributed by atoms with van der Waals surface area (Å²) in [4.78, 5) is 0. The number of hydrogen-bond donors (Lipinski definition) is 2. The Kier molecular flexibility index (Phi) is 2.36. The second kappa shape index (κ2) is 4.10. The van der Waals surface area contributed by atoms with Crippen LogP contribution in [0.4, 0.5) is 5.82 Å². The summed E-state index contributed by atoms with van der Waals surface area (Å²) in [5.74, 6) is 1.20. The molecule has 2 heterocycles. The maximum Gasteiger partial charge on any atom is 0.182 e. The van der Waals surface area contributed by atoms with E-state index in [0.29, 0.717) is 11.7 Å². The highest BCUT2D eigenvalue weighted by Gasteiger charge is 2.31. The number of rotatable bonds is 3. The lowest BCUT2D eigenvalue weighted by Gasteiger charge is -2.05. The van der Waals surface area contributed by atoms with Gasteiger partial charge in [0.15, 0.2) is 5.65 Å². The van der Waals surface area contributed by atoms with Gasteiger partial charge in [0, 0.05) is 5.92 Å². The van der Waals surface area contributed by atoms with Gasteiger partial charge in [-0.3, -0.25) is 5.10 Å². The topological polar surface area (TPSA) is 72.5 Å². The highest BCUT2D eigenvalue weighted by molar-refractivity contribution is 5.89. The second-order valence-corrected chi connectivity index (χ2v) is 5.58. The number of nitrogens with zero attached hydrogens (tertiary/aromatic N) is 3. The van der Waals surface area contributed by atoms with E-state index in [0.717, 1.165) is 23.3 Å². The number of hydrogen-bond acceptors (Lipinski definition) is 3. The highest BCUT2D eigenvalue weighted by Crippen LogP contribution is 2.43. The van der Waals surface area contributed by atoms with Gasteiger partial charge in [-0.05, 0) is 30.9 Å². The summed E-state index contributed by atoms with van der Waals surface area (Å²) < 4.78 is 1.97. The first-order valence-electron chi connectivity index (χ1n) is 6.99. The van der Waals surface area contributed by atoms with E-state index in [1.807, 2.05) is 4.68 Å². The molecule has 1 aliphatic carbocycles. The van der Waals surface area contributed by atoms with Crippen molar-refractivity contribution in [3.05, 3.63) is 41.1 Å². The van der Waals surface area contributed by atoms with Crippen molar-refractivity contribution in [1.82, 2.24) is 20.0 Å². The van der Waals surface area contributed by atoms with Crippen LogP contribution in [0.1, 0.15) is 35.6 Å². The van der Waals surface area contributed by atoms with Gasteiger partial charge in [0.1, 0.15) is 5.82 Å². The number of benzene rings is 1. The minimum absolute atomic E-state index is 0.565. The quantitative estimate of drug-likeness (QED) is 0.766. The average Bonchev–Trinajstić information content (AvgIpc) is 3.12. The number of aromatic nitrogens is 4. The van der Waals surface area contributed by atoms with Crippen LogP contribution >= 0.6 is 0 Å². The SMILES string of the molecule is Cc1ccccc1Cn1nc(C2CC2)c2c(N)[nH]nc21. The van der Waals surface area contributed by atoms with Gasteiger partial charge in [0.2, 0.25) is 0 Å². The molecule has 0 spiro atoms. The molecular formula is C15H17N5. The Morgan fingerprint density at radius 2 is 2.15 bits per heavy atom. The third-order valence-corrected chi connectivity index (χ3v) is 4.05. The molecule has 0 aliphatic heterocycles. The maximum atomic E-state index is 6.01. The Bertz CT molecular complexity index is 779. The Morgan fingerprint density at radius 1 is 1.35 bits per heavy atom. The van der Waals surface area contributed by atoms with E-state index in [4.69, 9.17) is 10.8 Å². The van der Waals surface area contributed by atoms with Crippen molar-refractivity contribution in [2.24, 2.45) is 0 Å². The summed E-state index contributed by atoms with van der Waals surface area (Å²) in [7, 11) is 0. The molecule has 4 rings (SSSR count). The standard InChI is InChI=1S/C15H17N5/c1-9-4-2-3-5-11(9)8-20-15-12(14(16)17-18-15)13(19-20)10-6-7-10/h2-5,10H,6-8H2,1H3,(H3,16,17,18). The van der Waals surface area contributed by atoms with Crippen molar-refractivity contribution >= 4 is 16.9 Å². The van der Waals surface area contributed by atoms with Crippen molar-refractivity contribution in [3.8, 4) is 0 Å². The normalized spacial score (nSPS) is 15.1. The Labute approximate surface area is 116 Å². The molecule has 3 N–H and O–H groups in total. The van der Waals surface area contributed by atoms with Crippen LogP contribution in [0.25, 0.3) is 11.0 Å². The molecule has 1 aliphatic rings. The van der Waals surface area contributed by atoms with Crippen LogP contribution in [0.5, 0.6) is 0 Å². The van der Waals surface area contributed by atoms with Crippen LogP contribution in [-0.4, -0.2) is 20.0 Å². The fraction of sp³-hybridized carbons (Fsp3) is 0.333. The third kappa shape index (κ3) is 1.70. The van der Waals surface area contributed by atoms with Crippen LogP contribution in [0.15, 0.2) is 24.3 Å². The lowest BCUT2D eigenvalue weighted by molar-refractivity contribution is 0.681. The molecule has 0 atom stereocenters. The minimum atomic E-state index is 0.565. The van der Waals surface area contributed by atoms with E-state index in [-0.39, 0.29) is 0 Å². The van der Waals surface area contributed by atoms with E-state index in [1.165, 1.54) is 24.0 Å². The minimum Gasteiger partial charge on any atom is -0.383 e. The molecule has 0 bridgehead atoms. The van der Waals surface area contributed by atoms with Gasteiger partial charge in [-0.15, -0.1) is 0 Å². The molecule has 0 amide bonds. The molecule has 3 aromatic rings. The van der Waals surface area contributed by atoms with Crippen molar-refractivity contribution in [2.45, 2.75) is 32.2 Å². The lowest BCUT2D eigenvalue weighted by atomic mass is 10.1. The first-order chi connectivity index (χ1) is 9.74. The van der Waals surface area contributed by atoms with Gasteiger partial charge in [0.05, 0.1) is 17.6 Å². The van der Waals surface area contributed by atoms with Crippen LogP contribution in [0.3, 0.4) is 0 Å². The van der Waals surface area contributed by atoms with Crippen LogP contribution in [-0.2, 0) is 6.54 Å². The van der Waals surface area contributed by atoms with Gasteiger partial charge in [0.25, 0.3) is 0 Å². The fourth-order valence-corrected chi connectivity index (χ4v) is 2.71. The lowest BCUT2D eigenvalue weighted by Crippen LogP contribution is -2.04. The van der Waals surface area contributed by atoms with E-state index in [1.54, 1.807) is 0 Å². The van der Waals surface area contributed by atoms with Crippen LogP contribution in [0.2, 0.25) is 0 Å².